The molecule has 3 atom stereocenters. The quantitative estimate of drug-likeness (QED) is 0.701. The van der Waals surface area contributed by atoms with Crippen molar-refractivity contribution < 1.29 is 17.9 Å². The highest BCUT2D eigenvalue weighted by atomic mass is 79.9. The van der Waals surface area contributed by atoms with Crippen LogP contribution in [0.25, 0.3) is 0 Å². The van der Waals surface area contributed by atoms with E-state index in [1.165, 1.54) is 4.90 Å². The number of hydrogen-bond acceptors (Lipinski definition) is 4. The molecule has 0 aromatic heterocycles. The number of aryl methyl sites for hydroxylation is 1. The van der Waals surface area contributed by atoms with Crippen LogP contribution in [0.2, 0.25) is 0 Å². The molecule has 0 radical (unpaired) electrons. The summed E-state index contributed by atoms with van der Waals surface area (Å²) in [5.74, 6) is -0.272. The lowest BCUT2D eigenvalue weighted by Gasteiger charge is -2.51. The van der Waals surface area contributed by atoms with Crippen molar-refractivity contribution in [1.82, 2.24) is 4.90 Å². The average Bonchev–Trinajstić information content (AvgIpc) is 2.61. The molecule has 0 unspecified atom stereocenters. The minimum atomic E-state index is -3.86. The summed E-state index contributed by atoms with van der Waals surface area (Å²) in [6, 6.07) is 12.2. The number of rotatable bonds is 2. The Morgan fingerprint density at radius 2 is 1.85 bits per heavy atom. The van der Waals surface area contributed by atoms with E-state index in [1.54, 1.807) is 31.3 Å². The smallest absolute Gasteiger partial charge is 0.244 e. The molecule has 1 amide bonds. The van der Waals surface area contributed by atoms with Crippen LogP contribution in [0.3, 0.4) is 0 Å². The van der Waals surface area contributed by atoms with Gasteiger partial charge >= 0.3 is 0 Å². The van der Waals surface area contributed by atoms with Crippen LogP contribution in [0.1, 0.15) is 30.4 Å². The second-order valence-corrected chi connectivity index (χ2v) is 10.4. The second kappa shape index (κ2) is 6.07. The van der Waals surface area contributed by atoms with Gasteiger partial charge in [-0.2, -0.15) is 0 Å². The van der Waals surface area contributed by atoms with Crippen LogP contribution in [-0.2, 0) is 14.6 Å². The number of likely N-dealkylation sites (tertiary alicyclic amines) is 1. The molecular weight excluding hydrogens is 430 g/mol. The maximum absolute atomic E-state index is 13.5. The molecule has 142 valence electrons. The zero-order valence-corrected chi connectivity index (χ0v) is 17.7. The van der Waals surface area contributed by atoms with Crippen molar-refractivity contribution in [3.8, 4) is 5.75 Å². The summed E-state index contributed by atoms with van der Waals surface area (Å²) >= 11 is 3.44. The normalized spacial score (nSPS) is 27.1. The number of benzene rings is 2. The van der Waals surface area contributed by atoms with Crippen LogP contribution in [0, 0.1) is 6.92 Å². The predicted molar refractivity (Wildman–Crippen MR) is 105 cm³/mol. The fourth-order valence-corrected chi connectivity index (χ4v) is 6.28. The van der Waals surface area contributed by atoms with Crippen LogP contribution in [0.5, 0.6) is 5.75 Å². The van der Waals surface area contributed by atoms with E-state index in [0.29, 0.717) is 12.2 Å². The minimum Gasteiger partial charge on any atom is -0.468 e. The Morgan fingerprint density at radius 3 is 2.52 bits per heavy atom. The van der Waals surface area contributed by atoms with E-state index < -0.39 is 32.6 Å². The zero-order valence-electron chi connectivity index (χ0n) is 15.3. The summed E-state index contributed by atoms with van der Waals surface area (Å²) in [6.45, 7) is 3.73. The number of carbonyl (C=O) groups excluding carboxylic acids is 1. The van der Waals surface area contributed by atoms with Crippen LogP contribution >= 0.6 is 15.9 Å². The molecule has 2 heterocycles. The SMILES string of the molecule is Cc1ccc(S(=O)(=O)[C@H]2C(=O)N(C)[C@]3(C)C[C@H]2c2cc(Br)ccc2O3)cc1. The first-order valence-electron chi connectivity index (χ1n) is 8.70. The highest BCUT2D eigenvalue weighted by Gasteiger charge is 2.57. The lowest BCUT2D eigenvalue weighted by Crippen LogP contribution is -2.64. The summed E-state index contributed by atoms with van der Waals surface area (Å²) < 4.78 is 33.8. The van der Waals surface area contributed by atoms with Gasteiger partial charge < -0.3 is 9.64 Å². The van der Waals surface area contributed by atoms with Crippen molar-refractivity contribution in [2.24, 2.45) is 0 Å². The standard InChI is InChI=1S/C20H20BrNO4S/c1-12-4-7-14(8-5-12)27(24,25)18-16-11-20(2,22(3)19(18)23)26-17-9-6-13(21)10-15(16)17/h4-10,16,18H,11H2,1-3H3/t16-,18+,20-/m0/s1. The number of sulfone groups is 1. The van der Waals surface area contributed by atoms with Gasteiger partial charge in [-0.3, -0.25) is 4.79 Å². The Hall–Kier alpha value is -1.86. The van der Waals surface area contributed by atoms with Crippen molar-refractivity contribution in [3.63, 3.8) is 0 Å². The van der Waals surface area contributed by atoms with E-state index in [9.17, 15) is 13.2 Å². The van der Waals surface area contributed by atoms with Gasteiger partial charge in [0, 0.05) is 29.4 Å². The molecule has 2 aromatic carbocycles. The third-order valence-electron chi connectivity index (χ3n) is 5.63. The topological polar surface area (TPSA) is 63.7 Å². The first-order valence-corrected chi connectivity index (χ1v) is 11.0. The molecule has 0 saturated carbocycles. The van der Waals surface area contributed by atoms with Crippen molar-refractivity contribution >= 4 is 31.7 Å². The second-order valence-electron chi connectivity index (χ2n) is 7.45. The fourth-order valence-electron chi connectivity index (χ4n) is 3.99. The van der Waals surface area contributed by atoms with Gasteiger partial charge in [0.1, 0.15) is 5.75 Å². The molecule has 5 nitrogen and oxygen atoms in total. The lowest BCUT2D eigenvalue weighted by molar-refractivity contribution is -0.159. The van der Waals surface area contributed by atoms with Crippen molar-refractivity contribution in [1.29, 1.82) is 0 Å². The lowest BCUT2D eigenvalue weighted by atomic mass is 9.80. The van der Waals surface area contributed by atoms with Crippen LogP contribution in [-0.4, -0.2) is 37.2 Å². The van der Waals surface area contributed by atoms with Crippen LogP contribution in [0.15, 0.2) is 51.8 Å². The molecule has 0 aliphatic carbocycles. The number of carbonyl (C=O) groups is 1. The largest absolute Gasteiger partial charge is 0.468 e. The summed E-state index contributed by atoms with van der Waals surface area (Å²) in [4.78, 5) is 14.8. The molecular formula is C20H20BrNO4S. The molecule has 27 heavy (non-hydrogen) atoms. The molecule has 0 N–H and O–H groups in total. The molecule has 7 heteroatoms. The van der Waals surface area contributed by atoms with E-state index >= 15 is 0 Å². The number of ether oxygens (including phenoxy) is 1. The predicted octanol–water partition coefficient (Wildman–Crippen LogP) is 3.65. The van der Waals surface area contributed by atoms with Crippen molar-refractivity contribution in [2.75, 3.05) is 7.05 Å². The van der Waals surface area contributed by atoms with Crippen LogP contribution < -0.4 is 4.74 Å². The van der Waals surface area contributed by atoms with Gasteiger partial charge in [0.25, 0.3) is 0 Å². The molecule has 2 aromatic rings. The monoisotopic (exact) mass is 449 g/mol. The maximum atomic E-state index is 13.5. The fraction of sp³-hybridized carbons (Fsp3) is 0.350. The third-order valence-corrected chi connectivity index (χ3v) is 8.25. The van der Waals surface area contributed by atoms with Gasteiger partial charge in [-0.15, -0.1) is 0 Å². The number of hydrogen-bond donors (Lipinski definition) is 0. The number of fused-ring (bicyclic) bond motifs is 4. The Bertz CT molecular complexity index is 1030. The Kier molecular flexibility index (Phi) is 4.16. The van der Waals surface area contributed by atoms with Crippen molar-refractivity contribution in [2.45, 2.75) is 42.1 Å². The molecule has 2 bridgehead atoms. The van der Waals surface area contributed by atoms with E-state index in [4.69, 9.17) is 4.74 Å². The maximum Gasteiger partial charge on any atom is 0.244 e. The summed E-state index contributed by atoms with van der Waals surface area (Å²) in [7, 11) is -2.24. The van der Waals surface area contributed by atoms with E-state index in [-0.39, 0.29) is 4.90 Å². The van der Waals surface area contributed by atoms with E-state index in [1.807, 2.05) is 32.0 Å². The first kappa shape index (κ1) is 18.5. The number of amides is 1. The Balaban J connectivity index is 1.90. The number of piperidine rings is 1. The highest BCUT2D eigenvalue weighted by molar-refractivity contribution is 9.10. The Labute approximate surface area is 167 Å². The summed E-state index contributed by atoms with van der Waals surface area (Å²) in [5, 5.41) is -1.17. The molecule has 4 rings (SSSR count). The summed E-state index contributed by atoms with van der Waals surface area (Å²) in [6.07, 6.45) is 0.425. The highest BCUT2D eigenvalue weighted by Crippen LogP contribution is 2.50. The van der Waals surface area contributed by atoms with Gasteiger partial charge in [-0.1, -0.05) is 33.6 Å². The minimum absolute atomic E-state index is 0.173. The molecule has 1 saturated heterocycles. The van der Waals surface area contributed by atoms with Gasteiger partial charge in [0.2, 0.25) is 5.91 Å². The first-order chi connectivity index (χ1) is 12.6. The number of nitrogens with zero attached hydrogens (tertiary/aromatic N) is 1. The average molecular weight is 450 g/mol. The van der Waals surface area contributed by atoms with Gasteiger partial charge in [0.15, 0.2) is 20.8 Å². The van der Waals surface area contributed by atoms with Crippen molar-refractivity contribution in [3.05, 3.63) is 58.1 Å². The van der Waals surface area contributed by atoms with E-state index in [0.717, 1.165) is 15.6 Å². The Morgan fingerprint density at radius 1 is 1.19 bits per heavy atom. The van der Waals surface area contributed by atoms with Gasteiger partial charge in [-0.25, -0.2) is 8.42 Å². The molecule has 1 fully saturated rings. The zero-order chi connectivity index (χ0) is 19.6. The van der Waals surface area contributed by atoms with Gasteiger partial charge in [-0.05, 0) is 44.2 Å². The molecule has 2 aliphatic rings. The summed E-state index contributed by atoms with van der Waals surface area (Å²) in [5.41, 5.74) is 0.861. The van der Waals surface area contributed by atoms with Gasteiger partial charge in [0.05, 0.1) is 4.90 Å². The third kappa shape index (κ3) is 2.79. The number of halogens is 1. The molecule has 0 spiro atoms. The van der Waals surface area contributed by atoms with Crippen LogP contribution in [0.4, 0.5) is 0 Å². The molecule has 2 aliphatic heterocycles. The van der Waals surface area contributed by atoms with E-state index in [2.05, 4.69) is 15.9 Å².